The summed E-state index contributed by atoms with van der Waals surface area (Å²) in [6.45, 7) is 6.14. The number of nitrogens with two attached hydrogens (primary N) is 1. The molecule has 1 amide bonds. The molecule has 2 heterocycles. The van der Waals surface area contributed by atoms with Crippen molar-refractivity contribution in [3.63, 3.8) is 0 Å². The summed E-state index contributed by atoms with van der Waals surface area (Å²) in [5, 5.41) is 3.44. The van der Waals surface area contributed by atoms with Crippen LogP contribution in [-0.2, 0) is 4.79 Å². The highest BCUT2D eigenvalue weighted by atomic mass is 16.2. The van der Waals surface area contributed by atoms with E-state index in [1.165, 1.54) is 5.56 Å². The number of hydrogen-bond acceptors (Lipinski definition) is 3. The molecule has 1 saturated heterocycles. The molecule has 118 valence electrons. The van der Waals surface area contributed by atoms with Crippen molar-refractivity contribution in [2.75, 3.05) is 24.5 Å². The van der Waals surface area contributed by atoms with Crippen molar-refractivity contribution < 1.29 is 4.79 Å². The molecule has 3 N–H and O–H groups in total. The number of hydrogen-bond donors (Lipinski definition) is 2. The number of para-hydroxylation sites is 1. The molecule has 4 nitrogen and oxygen atoms in total. The van der Waals surface area contributed by atoms with Gasteiger partial charge in [0.1, 0.15) is 5.54 Å². The van der Waals surface area contributed by atoms with Gasteiger partial charge in [-0.3, -0.25) is 4.79 Å². The molecule has 0 spiro atoms. The van der Waals surface area contributed by atoms with Gasteiger partial charge in [0, 0.05) is 18.2 Å². The molecular weight excluding hydrogens is 274 g/mol. The van der Waals surface area contributed by atoms with Crippen molar-refractivity contribution in [2.24, 2.45) is 5.73 Å². The number of amides is 1. The van der Waals surface area contributed by atoms with Gasteiger partial charge in [-0.2, -0.15) is 0 Å². The van der Waals surface area contributed by atoms with Crippen LogP contribution in [0.1, 0.15) is 37.2 Å². The molecule has 4 heteroatoms. The van der Waals surface area contributed by atoms with Gasteiger partial charge in [0.05, 0.1) is 0 Å². The smallest absolute Gasteiger partial charge is 0.247 e. The van der Waals surface area contributed by atoms with Crippen LogP contribution in [-0.4, -0.2) is 31.1 Å². The van der Waals surface area contributed by atoms with Crippen molar-refractivity contribution in [1.29, 1.82) is 0 Å². The predicted molar refractivity (Wildman–Crippen MR) is 90.0 cm³/mol. The second-order valence-corrected chi connectivity index (χ2v) is 6.35. The van der Waals surface area contributed by atoms with Crippen molar-refractivity contribution in [3.8, 4) is 0 Å². The van der Waals surface area contributed by atoms with E-state index in [4.69, 9.17) is 5.73 Å². The first-order valence-corrected chi connectivity index (χ1v) is 8.19. The van der Waals surface area contributed by atoms with Gasteiger partial charge in [0.25, 0.3) is 0 Å². The number of rotatable bonds is 5. The van der Waals surface area contributed by atoms with Crippen LogP contribution in [0.5, 0.6) is 0 Å². The molecule has 0 saturated carbocycles. The minimum atomic E-state index is -0.466. The summed E-state index contributed by atoms with van der Waals surface area (Å²) in [5.74, 6) is 0.546. The quantitative estimate of drug-likeness (QED) is 0.819. The first-order chi connectivity index (χ1) is 10.7. The van der Waals surface area contributed by atoms with Gasteiger partial charge in [0.15, 0.2) is 0 Å². The predicted octanol–water partition coefficient (Wildman–Crippen LogP) is 2.16. The standard InChI is InChI=1S/C18H25N3O/c1-2-9-18(10-5-12-20-18)17(22)21-13-14(8-11-19)15-6-3-4-7-16(15)21/h2-4,6-7,14,20H,1,5,8-13,19H2. The van der Waals surface area contributed by atoms with E-state index >= 15 is 0 Å². The molecular formula is C18H25N3O. The third kappa shape index (κ3) is 2.46. The SMILES string of the molecule is C=CCC1(C(=O)N2CC(CCN)c3ccccc32)CCCN1. The minimum absolute atomic E-state index is 0.192. The Morgan fingerprint density at radius 3 is 3.00 bits per heavy atom. The fraction of sp³-hybridized carbons (Fsp3) is 0.500. The Bertz CT molecular complexity index is 563. The summed E-state index contributed by atoms with van der Waals surface area (Å²) >= 11 is 0. The third-order valence-corrected chi connectivity index (χ3v) is 4.98. The number of carbonyl (C=O) groups excluding carboxylic acids is 1. The number of nitrogens with one attached hydrogen (secondary N) is 1. The summed E-state index contributed by atoms with van der Waals surface area (Å²) in [4.78, 5) is 15.2. The molecule has 2 unspecified atom stereocenters. The van der Waals surface area contributed by atoms with Gasteiger partial charge in [-0.25, -0.2) is 0 Å². The maximum Gasteiger partial charge on any atom is 0.247 e. The molecule has 0 aromatic heterocycles. The number of anilines is 1. The molecule has 2 aliphatic rings. The van der Waals surface area contributed by atoms with E-state index in [-0.39, 0.29) is 5.91 Å². The molecule has 22 heavy (non-hydrogen) atoms. The summed E-state index contributed by atoms with van der Waals surface area (Å²) < 4.78 is 0. The highest BCUT2D eigenvalue weighted by Gasteiger charge is 2.45. The van der Waals surface area contributed by atoms with E-state index in [2.05, 4.69) is 24.0 Å². The van der Waals surface area contributed by atoms with Crippen LogP contribution in [0.4, 0.5) is 5.69 Å². The van der Waals surface area contributed by atoms with Crippen molar-refractivity contribution in [1.82, 2.24) is 5.32 Å². The maximum atomic E-state index is 13.3. The van der Waals surface area contributed by atoms with E-state index in [9.17, 15) is 4.79 Å². The molecule has 3 rings (SSSR count). The summed E-state index contributed by atoms with van der Waals surface area (Å²) in [7, 11) is 0. The average Bonchev–Trinajstić information content (AvgIpc) is 3.14. The lowest BCUT2D eigenvalue weighted by Crippen LogP contribution is -2.54. The molecule has 0 bridgehead atoms. The van der Waals surface area contributed by atoms with E-state index in [1.54, 1.807) is 0 Å². The van der Waals surface area contributed by atoms with E-state index in [0.717, 1.165) is 38.0 Å². The highest BCUT2D eigenvalue weighted by Crippen LogP contribution is 2.40. The molecule has 0 aliphatic carbocycles. The van der Waals surface area contributed by atoms with Gasteiger partial charge in [-0.1, -0.05) is 24.3 Å². The lowest BCUT2D eigenvalue weighted by Gasteiger charge is -2.32. The zero-order valence-electron chi connectivity index (χ0n) is 13.1. The molecule has 2 atom stereocenters. The Balaban J connectivity index is 1.91. The summed E-state index contributed by atoms with van der Waals surface area (Å²) in [6, 6.07) is 8.24. The fourth-order valence-corrected chi connectivity index (χ4v) is 3.89. The van der Waals surface area contributed by atoms with Crippen LogP contribution in [0.15, 0.2) is 36.9 Å². The van der Waals surface area contributed by atoms with E-state index in [1.807, 2.05) is 23.1 Å². The van der Waals surface area contributed by atoms with Crippen LogP contribution in [0.3, 0.4) is 0 Å². The second kappa shape index (κ2) is 6.23. The third-order valence-electron chi connectivity index (χ3n) is 4.98. The number of carbonyl (C=O) groups is 1. The molecule has 1 fully saturated rings. The Labute approximate surface area is 132 Å². The average molecular weight is 299 g/mol. The first kappa shape index (κ1) is 15.3. The monoisotopic (exact) mass is 299 g/mol. The molecule has 1 aromatic rings. The van der Waals surface area contributed by atoms with Crippen LogP contribution in [0.25, 0.3) is 0 Å². The number of fused-ring (bicyclic) bond motifs is 1. The van der Waals surface area contributed by atoms with Gasteiger partial charge < -0.3 is 16.0 Å². The zero-order valence-corrected chi connectivity index (χ0v) is 13.1. The maximum absolute atomic E-state index is 13.3. The van der Waals surface area contributed by atoms with Gasteiger partial charge in [0.2, 0.25) is 5.91 Å². The van der Waals surface area contributed by atoms with Crippen LogP contribution in [0, 0.1) is 0 Å². The van der Waals surface area contributed by atoms with Crippen LogP contribution < -0.4 is 16.0 Å². The molecule has 2 aliphatic heterocycles. The second-order valence-electron chi connectivity index (χ2n) is 6.35. The van der Waals surface area contributed by atoms with Crippen molar-refractivity contribution >= 4 is 11.6 Å². The summed E-state index contributed by atoms with van der Waals surface area (Å²) in [5.41, 5.74) is 7.60. The highest BCUT2D eigenvalue weighted by molar-refractivity contribution is 6.02. The van der Waals surface area contributed by atoms with Gasteiger partial charge in [-0.05, 0) is 50.4 Å². The molecule has 1 aromatic carbocycles. The first-order valence-electron chi connectivity index (χ1n) is 8.19. The molecule has 0 radical (unpaired) electrons. The Morgan fingerprint density at radius 2 is 2.32 bits per heavy atom. The van der Waals surface area contributed by atoms with Crippen molar-refractivity contribution in [3.05, 3.63) is 42.5 Å². The minimum Gasteiger partial charge on any atom is -0.330 e. The Morgan fingerprint density at radius 1 is 1.50 bits per heavy atom. The Hall–Kier alpha value is -1.65. The Kier molecular flexibility index (Phi) is 4.32. The number of benzene rings is 1. The number of nitrogens with zero attached hydrogens (tertiary/aromatic N) is 1. The normalized spacial score (nSPS) is 27.0. The van der Waals surface area contributed by atoms with Crippen molar-refractivity contribution in [2.45, 2.75) is 37.1 Å². The van der Waals surface area contributed by atoms with Gasteiger partial charge in [-0.15, -0.1) is 6.58 Å². The van der Waals surface area contributed by atoms with Gasteiger partial charge >= 0.3 is 0 Å². The fourth-order valence-electron chi connectivity index (χ4n) is 3.89. The summed E-state index contributed by atoms with van der Waals surface area (Å²) in [6.07, 6.45) is 5.39. The van der Waals surface area contributed by atoms with E-state index < -0.39 is 5.54 Å². The largest absolute Gasteiger partial charge is 0.330 e. The topological polar surface area (TPSA) is 58.4 Å². The lowest BCUT2D eigenvalue weighted by molar-refractivity contribution is -0.124. The lowest BCUT2D eigenvalue weighted by atomic mass is 9.91. The van der Waals surface area contributed by atoms with Crippen LogP contribution in [0.2, 0.25) is 0 Å². The zero-order chi connectivity index (χ0) is 15.6. The van der Waals surface area contributed by atoms with Crippen LogP contribution >= 0.6 is 0 Å². The van der Waals surface area contributed by atoms with E-state index in [0.29, 0.717) is 18.9 Å².